The average Bonchev–Trinajstić information content (AvgIpc) is 3.27. The number of nitrogens with zero attached hydrogens (tertiary/aromatic N) is 2. The van der Waals surface area contributed by atoms with Crippen molar-refractivity contribution in [3.8, 4) is 5.75 Å². The number of benzene rings is 2. The number of ether oxygens (including phenoxy) is 2. The molecule has 1 saturated heterocycles. The predicted molar refractivity (Wildman–Crippen MR) is 197 cm³/mol. The van der Waals surface area contributed by atoms with Crippen LogP contribution in [0.25, 0.3) is 0 Å². The van der Waals surface area contributed by atoms with Crippen LogP contribution in [0.3, 0.4) is 0 Å². The summed E-state index contributed by atoms with van der Waals surface area (Å²) in [5.74, 6) is 0.440. The van der Waals surface area contributed by atoms with Crippen molar-refractivity contribution in [1.29, 1.82) is 0 Å². The molecule has 4 atom stereocenters. The molecule has 2 aromatic carbocycles. The zero-order valence-corrected chi connectivity index (χ0v) is 30.9. The molecular formula is C38H52ClFN4O4S. The van der Waals surface area contributed by atoms with Crippen molar-refractivity contribution in [2.75, 3.05) is 57.4 Å². The van der Waals surface area contributed by atoms with Crippen molar-refractivity contribution in [3.05, 3.63) is 69.5 Å². The minimum atomic E-state index is -0.347. The van der Waals surface area contributed by atoms with Gasteiger partial charge in [0.2, 0.25) is 5.91 Å². The first-order valence-electron chi connectivity index (χ1n) is 17.9. The molecule has 2 bridgehead atoms. The highest BCUT2D eigenvalue weighted by atomic mass is 35.5. The van der Waals surface area contributed by atoms with Crippen LogP contribution in [0.4, 0.5) is 10.1 Å². The molecule has 2 N–H and O–H groups in total. The number of allylic oxidation sites excluding steroid dienone is 1. The third kappa shape index (κ3) is 9.72. The molecule has 3 aliphatic rings. The third-order valence-electron chi connectivity index (χ3n) is 10.0. The largest absolute Gasteiger partial charge is 0.491 e. The topological polar surface area (TPSA) is 83.1 Å². The molecule has 8 nitrogen and oxygen atoms in total. The number of hydrogen-bond donors (Lipinski definition) is 2. The quantitative estimate of drug-likeness (QED) is 0.222. The molecule has 49 heavy (non-hydrogen) atoms. The normalized spacial score (nSPS) is 25.4. The maximum absolute atomic E-state index is 15.4. The number of rotatable bonds is 8. The van der Waals surface area contributed by atoms with Gasteiger partial charge in [-0.2, -0.15) is 0 Å². The van der Waals surface area contributed by atoms with Gasteiger partial charge in [-0.25, -0.2) is 4.39 Å². The van der Waals surface area contributed by atoms with Crippen LogP contribution in [-0.2, 0) is 16.0 Å². The third-order valence-corrected chi connectivity index (χ3v) is 11.2. The number of fused-ring (bicyclic) bond motifs is 1. The molecule has 0 spiro atoms. The van der Waals surface area contributed by atoms with E-state index in [2.05, 4.69) is 46.7 Å². The van der Waals surface area contributed by atoms with Crippen molar-refractivity contribution in [3.63, 3.8) is 0 Å². The number of carbonyl (C=O) groups excluding carboxylic acids is 2. The highest BCUT2D eigenvalue weighted by molar-refractivity contribution is 7.98. The lowest BCUT2D eigenvalue weighted by Crippen LogP contribution is -2.48. The Bertz CT molecular complexity index is 1490. The molecule has 268 valence electrons. The fourth-order valence-electron chi connectivity index (χ4n) is 7.18. The van der Waals surface area contributed by atoms with Crippen molar-refractivity contribution < 1.29 is 23.5 Å². The number of nitrogens with one attached hydrogen (secondary N) is 2. The maximum Gasteiger partial charge on any atom is 0.261 e. The molecule has 0 radical (unpaired) electrons. The highest BCUT2D eigenvalue weighted by Crippen LogP contribution is 2.39. The molecule has 0 aromatic heterocycles. The second-order valence-electron chi connectivity index (χ2n) is 13.6. The number of carbonyl (C=O) groups is 2. The molecule has 5 rings (SSSR count). The first kappa shape index (κ1) is 37.5. The second kappa shape index (κ2) is 17.9. The van der Waals surface area contributed by atoms with Crippen molar-refractivity contribution in [2.24, 2.45) is 5.92 Å². The molecule has 2 amide bonds. The van der Waals surface area contributed by atoms with Gasteiger partial charge < -0.3 is 19.7 Å². The second-order valence-corrected chi connectivity index (χ2v) is 15.2. The molecule has 2 aromatic rings. The summed E-state index contributed by atoms with van der Waals surface area (Å²) in [5.41, 5.74) is 4.25. The first-order chi connectivity index (χ1) is 23.7. The lowest BCUT2D eigenvalue weighted by molar-refractivity contribution is -0.124. The van der Waals surface area contributed by atoms with Gasteiger partial charge in [-0.05, 0) is 91.4 Å². The Labute approximate surface area is 300 Å². The van der Waals surface area contributed by atoms with Gasteiger partial charge in [0.1, 0.15) is 11.6 Å². The van der Waals surface area contributed by atoms with Crippen LogP contribution in [-0.4, -0.2) is 80.6 Å². The minimum Gasteiger partial charge on any atom is -0.491 e. The van der Waals surface area contributed by atoms with Gasteiger partial charge in [0, 0.05) is 49.5 Å². The zero-order chi connectivity index (χ0) is 34.9. The van der Waals surface area contributed by atoms with Crippen LogP contribution in [0, 0.1) is 11.7 Å². The van der Waals surface area contributed by atoms with E-state index in [0.717, 1.165) is 55.6 Å². The highest BCUT2D eigenvalue weighted by Gasteiger charge is 2.30. The van der Waals surface area contributed by atoms with Crippen molar-refractivity contribution >= 4 is 41.1 Å². The van der Waals surface area contributed by atoms with E-state index in [1.807, 2.05) is 31.2 Å². The first-order valence-corrected chi connectivity index (χ1v) is 19.2. The molecule has 0 aliphatic carbocycles. The smallest absolute Gasteiger partial charge is 0.261 e. The summed E-state index contributed by atoms with van der Waals surface area (Å²) in [6.45, 7) is 13.4. The number of piperazine rings is 1. The Hall–Kier alpha value is -2.79. The van der Waals surface area contributed by atoms with Gasteiger partial charge in [0.05, 0.1) is 36.6 Å². The average molecular weight is 715 g/mol. The van der Waals surface area contributed by atoms with E-state index in [9.17, 15) is 9.59 Å². The maximum atomic E-state index is 15.4. The van der Waals surface area contributed by atoms with Gasteiger partial charge in [0.25, 0.3) is 5.91 Å². The molecule has 3 unspecified atom stereocenters. The number of amides is 2. The van der Waals surface area contributed by atoms with Crippen LogP contribution in [0.2, 0.25) is 5.02 Å². The number of halogens is 2. The Kier molecular flexibility index (Phi) is 13.7. The van der Waals surface area contributed by atoms with Gasteiger partial charge >= 0.3 is 0 Å². The van der Waals surface area contributed by atoms with E-state index in [4.69, 9.17) is 21.1 Å². The van der Waals surface area contributed by atoms with Gasteiger partial charge in [-0.3, -0.25) is 19.2 Å². The summed E-state index contributed by atoms with van der Waals surface area (Å²) in [7, 11) is 0. The van der Waals surface area contributed by atoms with E-state index >= 15 is 4.39 Å². The molecule has 1 fully saturated rings. The predicted octanol–water partition coefficient (Wildman–Crippen LogP) is 7.15. The Morgan fingerprint density at radius 2 is 1.98 bits per heavy atom. The summed E-state index contributed by atoms with van der Waals surface area (Å²) in [4.78, 5) is 29.7. The van der Waals surface area contributed by atoms with E-state index in [1.165, 1.54) is 17.5 Å². The van der Waals surface area contributed by atoms with Crippen LogP contribution >= 0.6 is 23.5 Å². The Balaban J connectivity index is 1.45. The van der Waals surface area contributed by atoms with Crippen molar-refractivity contribution in [1.82, 2.24) is 14.9 Å². The Morgan fingerprint density at radius 3 is 2.76 bits per heavy atom. The molecular weight excluding hydrogens is 663 g/mol. The lowest BCUT2D eigenvalue weighted by Gasteiger charge is -2.33. The van der Waals surface area contributed by atoms with E-state index in [-0.39, 0.29) is 45.8 Å². The van der Waals surface area contributed by atoms with Gasteiger partial charge in [0.15, 0.2) is 0 Å². The van der Waals surface area contributed by atoms with E-state index in [0.29, 0.717) is 63.5 Å². The molecule has 0 saturated carbocycles. The molecule has 11 heteroatoms. The van der Waals surface area contributed by atoms with E-state index < -0.39 is 0 Å². The van der Waals surface area contributed by atoms with Crippen LogP contribution in [0.1, 0.15) is 87.2 Å². The van der Waals surface area contributed by atoms with Crippen LogP contribution in [0.5, 0.6) is 5.75 Å². The summed E-state index contributed by atoms with van der Waals surface area (Å²) >= 11 is 7.71. The van der Waals surface area contributed by atoms with Crippen LogP contribution in [0.15, 0.2) is 42.0 Å². The summed E-state index contributed by atoms with van der Waals surface area (Å²) in [5, 5.41) is 3.27. The van der Waals surface area contributed by atoms with E-state index in [1.54, 1.807) is 6.07 Å². The molecule has 3 heterocycles. The summed E-state index contributed by atoms with van der Waals surface area (Å²) < 4.78 is 31.6. The summed E-state index contributed by atoms with van der Waals surface area (Å²) in [6.07, 6.45) is 7.22. The minimum absolute atomic E-state index is 0.0629. The monoisotopic (exact) mass is 714 g/mol. The fraction of sp³-hybridized carbons (Fsp3) is 0.579. The van der Waals surface area contributed by atoms with Gasteiger partial charge in [-0.1, -0.05) is 57.4 Å². The molecule has 3 aliphatic heterocycles. The lowest BCUT2D eigenvalue weighted by atomic mass is 9.89. The van der Waals surface area contributed by atoms with Crippen molar-refractivity contribution in [2.45, 2.75) is 83.5 Å². The van der Waals surface area contributed by atoms with Gasteiger partial charge in [-0.15, -0.1) is 0 Å². The fourth-order valence-corrected chi connectivity index (χ4v) is 8.04. The Morgan fingerprint density at radius 1 is 1.14 bits per heavy atom. The number of hydrogen-bond acceptors (Lipinski definition) is 7. The van der Waals surface area contributed by atoms with Crippen LogP contribution < -0.4 is 19.7 Å². The zero-order valence-electron chi connectivity index (χ0n) is 29.4. The standard InChI is InChI=1S/C38H52ClFN4O4S/c1-5-8-31-30(12-13-32(39)36(31)40)29-22-44-17-15-27(6-2)37(47-20-19-43-18-16-41-35(45)23-43)25(3)9-7-10-26(4)49-42-38(46)28-11-14-34(48-24-29)33(44)21-28/h9,11-14,21,26-27,29,37H,5-8,10,15-20,22-24H2,1-4H3,(H,41,45)(H,42,46)/b25-9+/t26?,27-,29?,37?/m1/s1. The SMILES string of the molecule is CCCc1c(C2COc3ccc4cc3N(CC[C@@H](CC)C(OCCN3CCNC(=O)C3)/C(C)=C/CCC(C)SNC4=O)C2)ccc(Cl)c1F. The summed E-state index contributed by atoms with van der Waals surface area (Å²) in [6, 6.07) is 9.26. The number of anilines is 1.